The van der Waals surface area contributed by atoms with Crippen LogP contribution in [0.1, 0.15) is 12.0 Å². The van der Waals surface area contributed by atoms with E-state index in [2.05, 4.69) is 20.6 Å². The number of nitrogens with zero attached hydrogens (tertiary/aromatic N) is 3. The third-order valence-corrected chi connectivity index (χ3v) is 4.26. The molecule has 1 saturated heterocycles. The van der Waals surface area contributed by atoms with E-state index in [1.165, 1.54) is 0 Å². The normalized spacial score (nSPS) is 14.7. The van der Waals surface area contributed by atoms with Crippen LogP contribution >= 0.6 is 12.4 Å². The van der Waals surface area contributed by atoms with E-state index in [-0.39, 0.29) is 18.3 Å². The summed E-state index contributed by atoms with van der Waals surface area (Å²) in [6.45, 7) is 5.86. The summed E-state index contributed by atoms with van der Waals surface area (Å²) in [6.07, 6.45) is 5.04. The first-order chi connectivity index (χ1) is 11.8. The lowest BCUT2D eigenvalue weighted by atomic mass is 10.2. The highest BCUT2D eigenvalue weighted by molar-refractivity contribution is 5.85. The van der Waals surface area contributed by atoms with Gasteiger partial charge >= 0.3 is 0 Å². The van der Waals surface area contributed by atoms with Crippen molar-refractivity contribution >= 4 is 18.3 Å². The summed E-state index contributed by atoms with van der Waals surface area (Å²) < 4.78 is 1.84. The number of nitrogens with one attached hydrogen (secondary N) is 2. The first-order valence-corrected chi connectivity index (χ1v) is 8.60. The van der Waals surface area contributed by atoms with E-state index in [0.29, 0.717) is 12.8 Å². The van der Waals surface area contributed by atoms with Crippen LogP contribution in [0.5, 0.6) is 0 Å². The summed E-state index contributed by atoms with van der Waals surface area (Å²) in [4.78, 5) is 14.3. The molecule has 0 radical (unpaired) electrons. The van der Waals surface area contributed by atoms with Gasteiger partial charge in [-0.25, -0.2) is 4.68 Å². The van der Waals surface area contributed by atoms with Gasteiger partial charge in [-0.05, 0) is 24.1 Å². The standard InChI is InChI=1S/C18H25N5O.ClH/c24-18(20-10-13-22-11-8-19-9-12-22)7-6-16-14-21-23(15-16)17-4-2-1-3-5-17;/h1-5,14-15,19H,6-13H2,(H,20,24);1H. The molecule has 0 saturated carbocycles. The van der Waals surface area contributed by atoms with Crippen LogP contribution in [0.2, 0.25) is 0 Å². The van der Waals surface area contributed by atoms with Gasteiger partial charge in [0.2, 0.25) is 5.91 Å². The molecule has 1 fully saturated rings. The maximum absolute atomic E-state index is 12.0. The van der Waals surface area contributed by atoms with E-state index >= 15 is 0 Å². The van der Waals surface area contributed by atoms with Gasteiger partial charge in [-0.15, -0.1) is 12.4 Å². The molecule has 0 atom stereocenters. The van der Waals surface area contributed by atoms with Crippen molar-refractivity contribution in [3.05, 3.63) is 48.3 Å². The predicted molar refractivity (Wildman–Crippen MR) is 101 cm³/mol. The van der Waals surface area contributed by atoms with E-state index in [4.69, 9.17) is 0 Å². The Hall–Kier alpha value is -1.89. The highest BCUT2D eigenvalue weighted by atomic mass is 35.5. The second-order valence-corrected chi connectivity index (χ2v) is 6.07. The van der Waals surface area contributed by atoms with Gasteiger partial charge in [0.05, 0.1) is 11.9 Å². The fourth-order valence-electron chi connectivity index (χ4n) is 2.85. The number of para-hydroxylation sites is 1. The third kappa shape index (κ3) is 6.16. The second kappa shape index (κ2) is 10.2. The Morgan fingerprint density at radius 1 is 1.20 bits per heavy atom. The molecule has 1 aromatic carbocycles. The zero-order chi connectivity index (χ0) is 16.6. The second-order valence-electron chi connectivity index (χ2n) is 6.07. The average molecular weight is 364 g/mol. The number of benzene rings is 1. The molecule has 0 unspecified atom stereocenters. The minimum Gasteiger partial charge on any atom is -0.355 e. The smallest absolute Gasteiger partial charge is 0.220 e. The van der Waals surface area contributed by atoms with Gasteiger partial charge in [-0.1, -0.05) is 18.2 Å². The van der Waals surface area contributed by atoms with Gasteiger partial charge in [0, 0.05) is 51.9 Å². The molecule has 3 rings (SSSR count). The Morgan fingerprint density at radius 2 is 1.96 bits per heavy atom. The molecule has 1 amide bonds. The van der Waals surface area contributed by atoms with Crippen molar-refractivity contribution < 1.29 is 4.79 Å². The number of piperazine rings is 1. The number of hydrogen-bond acceptors (Lipinski definition) is 4. The van der Waals surface area contributed by atoms with Crippen molar-refractivity contribution in [2.24, 2.45) is 0 Å². The average Bonchev–Trinajstić information content (AvgIpc) is 3.11. The van der Waals surface area contributed by atoms with Crippen LogP contribution < -0.4 is 10.6 Å². The minimum atomic E-state index is 0. The Morgan fingerprint density at radius 3 is 2.72 bits per heavy atom. The van der Waals surface area contributed by atoms with E-state index in [1.807, 2.05) is 47.4 Å². The van der Waals surface area contributed by atoms with Gasteiger partial charge in [-0.3, -0.25) is 9.69 Å². The number of amides is 1. The molecule has 1 aliphatic heterocycles. The number of aromatic nitrogens is 2. The van der Waals surface area contributed by atoms with Crippen molar-refractivity contribution in [2.45, 2.75) is 12.8 Å². The lowest BCUT2D eigenvalue weighted by Gasteiger charge is -2.27. The lowest BCUT2D eigenvalue weighted by Crippen LogP contribution is -2.46. The van der Waals surface area contributed by atoms with Gasteiger partial charge < -0.3 is 10.6 Å². The van der Waals surface area contributed by atoms with Crippen molar-refractivity contribution in [1.82, 2.24) is 25.3 Å². The summed E-state index contributed by atoms with van der Waals surface area (Å²) in [5.41, 5.74) is 2.11. The molecule has 0 aliphatic carbocycles. The SMILES string of the molecule is Cl.O=C(CCc1cnn(-c2ccccc2)c1)NCCN1CCNCC1. The fraction of sp³-hybridized carbons (Fsp3) is 0.444. The van der Waals surface area contributed by atoms with Crippen LogP contribution in [0.3, 0.4) is 0 Å². The molecule has 6 nitrogen and oxygen atoms in total. The maximum atomic E-state index is 12.0. The number of rotatable bonds is 7. The van der Waals surface area contributed by atoms with Gasteiger partial charge in [0.15, 0.2) is 0 Å². The van der Waals surface area contributed by atoms with E-state index in [9.17, 15) is 4.79 Å². The van der Waals surface area contributed by atoms with Crippen molar-refractivity contribution in [3.63, 3.8) is 0 Å². The minimum absolute atomic E-state index is 0. The molecular formula is C18H26ClN5O. The molecule has 2 aromatic rings. The topological polar surface area (TPSA) is 62.2 Å². The van der Waals surface area contributed by atoms with E-state index in [1.54, 1.807) is 0 Å². The zero-order valence-electron chi connectivity index (χ0n) is 14.4. The first kappa shape index (κ1) is 19.4. The summed E-state index contributed by atoms with van der Waals surface area (Å²) in [6, 6.07) is 9.99. The molecule has 0 spiro atoms. The molecule has 1 aliphatic rings. The monoisotopic (exact) mass is 363 g/mol. The third-order valence-electron chi connectivity index (χ3n) is 4.26. The molecule has 136 valence electrons. The molecule has 25 heavy (non-hydrogen) atoms. The molecule has 2 heterocycles. The van der Waals surface area contributed by atoms with Gasteiger partial charge in [0.25, 0.3) is 0 Å². The molecule has 0 bridgehead atoms. The van der Waals surface area contributed by atoms with Crippen LogP contribution in [0.15, 0.2) is 42.7 Å². The Labute approximate surface area is 155 Å². The zero-order valence-corrected chi connectivity index (χ0v) is 15.2. The highest BCUT2D eigenvalue weighted by Gasteiger charge is 2.09. The van der Waals surface area contributed by atoms with Crippen LogP contribution in [0.4, 0.5) is 0 Å². The van der Waals surface area contributed by atoms with Gasteiger partial charge in [0.1, 0.15) is 0 Å². The van der Waals surface area contributed by atoms with Crippen LogP contribution in [0.25, 0.3) is 5.69 Å². The number of halogens is 1. The Kier molecular flexibility index (Phi) is 7.91. The Balaban J connectivity index is 0.00000225. The predicted octanol–water partition coefficient (Wildman–Crippen LogP) is 1.25. The van der Waals surface area contributed by atoms with Crippen molar-refractivity contribution in [1.29, 1.82) is 0 Å². The number of carbonyl (C=O) groups is 1. The maximum Gasteiger partial charge on any atom is 0.220 e. The molecule has 7 heteroatoms. The molecular weight excluding hydrogens is 338 g/mol. The van der Waals surface area contributed by atoms with E-state index < -0.39 is 0 Å². The first-order valence-electron chi connectivity index (χ1n) is 8.60. The number of aryl methyl sites for hydroxylation is 1. The molecule has 2 N–H and O–H groups in total. The van der Waals surface area contributed by atoms with Crippen molar-refractivity contribution in [2.75, 3.05) is 39.3 Å². The fourth-order valence-corrected chi connectivity index (χ4v) is 2.85. The summed E-state index contributed by atoms with van der Waals surface area (Å²) in [7, 11) is 0. The Bertz CT molecular complexity index is 640. The molecule has 1 aromatic heterocycles. The number of carbonyl (C=O) groups excluding carboxylic acids is 1. The van der Waals surface area contributed by atoms with Crippen LogP contribution in [0, 0.1) is 0 Å². The summed E-state index contributed by atoms with van der Waals surface area (Å²) in [5.74, 6) is 0.109. The van der Waals surface area contributed by atoms with Crippen LogP contribution in [-0.4, -0.2) is 59.9 Å². The highest BCUT2D eigenvalue weighted by Crippen LogP contribution is 2.09. The summed E-state index contributed by atoms with van der Waals surface area (Å²) >= 11 is 0. The van der Waals surface area contributed by atoms with Crippen molar-refractivity contribution in [3.8, 4) is 5.69 Å². The summed E-state index contributed by atoms with van der Waals surface area (Å²) in [5, 5.41) is 10.7. The largest absolute Gasteiger partial charge is 0.355 e. The van der Waals surface area contributed by atoms with Crippen LogP contribution in [-0.2, 0) is 11.2 Å². The number of hydrogen-bond donors (Lipinski definition) is 2. The lowest BCUT2D eigenvalue weighted by molar-refractivity contribution is -0.121. The van der Waals surface area contributed by atoms with E-state index in [0.717, 1.165) is 50.5 Å². The quantitative estimate of drug-likeness (QED) is 0.777. The van der Waals surface area contributed by atoms with Gasteiger partial charge in [-0.2, -0.15) is 5.10 Å².